The fraction of sp³-hybridized carbons (Fsp3) is 0.447. The zero-order chi connectivity index (χ0) is 32.1. The van der Waals surface area contributed by atoms with Gasteiger partial charge in [0.2, 0.25) is 0 Å². The molecule has 4 aromatic rings. The van der Waals surface area contributed by atoms with E-state index in [1.54, 1.807) is 17.6 Å². The summed E-state index contributed by atoms with van der Waals surface area (Å²) in [5, 5.41) is 0.569. The number of hydrogen-bond donors (Lipinski definition) is 0. The molecule has 0 bridgehead atoms. The number of para-hydroxylation sites is 1. The van der Waals surface area contributed by atoms with Gasteiger partial charge in [-0.05, 0) is 75.3 Å². The van der Waals surface area contributed by atoms with E-state index < -0.39 is 0 Å². The molecule has 0 unspecified atom stereocenters. The maximum Gasteiger partial charge on any atom is 0.331 e. The first-order chi connectivity index (χ1) is 22.5. The molecule has 47 heavy (non-hydrogen) atoms. The number of likely N-dealkylation sites (tertiary alicyclic amines) is 1. The van der Waals surface area contributed by atoms with E-state index in [0.29, 0.717) is 49.9 Å². The van der Waals surface area contributed by atoms with Gasteiger partial charge in [0, 0.05) is 32.6 Å². The number of hydrogen-bond acceptors (Lipinski definition) is 6. The number of carbonyl (C=O) groups excluding carboxylic acids is 1. The molecular formula is C38H48ClN3O5. The minimum absolute atomic E-state index is 0. The second kappa shape index (κ2) is 18.6. The lowest BCUT2D eigenvalue weighted by atomic mass is 10.00. The highest BCUT2D eigenvalue weighted by atomic mass is 35.5. The standard InChI is InChI=1S/C38H47N3O5.ClH/c1-2-45-35(42)22-10-5-13-27-41-37(43)33-20-11-12-21-34(33)40(38(41)44)26-15-14-25-39-28-23-32(24-29-39)46-36(30-16-6-3-7-17-30)31-18-8-4-9-19-31;/h3-4,6-9,11-12,16-21,32,36H,2,5,10,13-15,22-29H2,1H3;1H. The summed E-state index contributed by atoms with van der Waals surface area (Å²) >= 11 is 0. The summed E-state index contributed by atoms with van der Waals surface area (Å²) in [6.07, 6.45) is 6.38. The molecule has 0 aliphatic carbocycles. The first-order valence-electron chi connectivity index (χ1n) is 16.9. The third kappa shape index (κ3) is 9.89. The Morgan fingerprint density at radius 2 is 1.32 bits per heavy atom. The van der Waals surface area contributed by atoms with Crippen molar-refractivity contribution in [3.63, 3.8) is 0 Å². The van der Waals surface area contributed by atoms with Gasteiger partial charge in [-0.3, -0.25) is 18.7 Å². The van der Waals surface area contributed by atoms with Crippen molar-refractivity contribution in [2.45, 2.75) is 83.6 Å². The predicted molar refractivity (Wildman–Crippen MR) is 189 cm³/mol. The third-order valence-electron chi connectivity index (χ3n) is 8.87. The van der Waals surface area contributed by atoms with Gasteiger partial charge in [-0.25, -0.2) is 4.79 Å². The topological polar surface area (TPSA) is 82.8 Å². The molecule has 0 spiro atoms. The SMILES string of the molecule is CCOC(=O)CCCCCn1c(=O)c2ccccc2n(CCCCN2CCC(OC(c3ccccc3)c3ccccc3)CC2)c1=O.Cl. The minimum atomic E-state index is -0.251. The van der Waals surface area contributed by atoms with Crippen LogP contribution in [-0.2, 0) is 27.4 Å². The molecule has 2 heterocycles. The molecule has 1 aliphatic rings. The zero-order valence-corrected chi connectivity index (χ0v) is 28.2. The Hall–Kier alpha value is -3.72. The van der Waals surface area contributed by atoms with Gasteiger partial charge in [-0.15, -0.1) is 12.4 Å². The number of carbonyl (C=O) groups is 1. The Balaban J connectivity index is 0.00000500. The number of piperidine rings is 1. The van der Waals surface area contributed by atoms with Crippen molar-refractivity contribution in [1.82, 2.24) is 14.0 Å². The van der Waals surface area contributed by atoms with Gasteiger partial charge < -0.3 is 14.4 Å². The Bertz CT molecular complexity index is 1610. The fourth-order valence-corrected chi connectivity index (χ4v) is 6.41. The van der Waals surface area contributed by atoms with Crippen molar-refractivity contribution >= 4 is 29.3 Å². The second-order valence-corrected chi connectivity index (χ2v) is 12.1. The molecule has 252 valence electrons. The molecule has 9 heteroatoms. The van der Waals surface area contributed by atoms with E-state index in [-0.39, 0.29) is 41.8 Å². The highest BCUT2D eigenvalue weighted by Gasteiger charge is 2.24. The van der Waals surface area contributed by atoms with Crippen molar-refractivity contribution < 1.29 is 14.3 Å². The van der Waals surface area contributed by atoms with Crippen LogP contribution in [0.3, 0.4) is 0 Å². The lowest BCUT2D eigenvalue weighted by molar-refractivity contribution is -0.143. The van der Waals surface area contributed by atoms with Crippen molar-refractivity contribution in [2.75, 3.05) is 26.2 Å². The van der Waals surface area contributed by atoms with E-state index in [0.717, 1.165) is 51.7 Å². The highest BCUT2D eigenvalue weighted by molar-refractivity contribution is 5.85. The molecule has 3 aromatic carbocycles. The van der Waals surface area contributed by atoms with E-state index in [4.69, 9.17) is 9.47 Å². The van der Waals surface area contributed by atoms with Crippen molar-refractivity contribution in [1.29, 1.82) is 0 Å². The smallest absolute Gasteiger partial charge is 0.331 e. The molecular weight excluding hydrogens is 614 g/mol. The van der Waals surface area contributed by atoms with E-state index in [2.05, 4.69) is 53.4 Å². The van der Waals surface area contributed by atoms with Crippen LogP contribution in [0.2, 0.25) is 0 Å². The van der Waals surface area contributed by atoms with Crippen LogP contribution in [0.5, 0.6) is 0 Å². The number of aromatic nitrogens is 2. The summed E-state index contributed by atoms with van der Waals surface area (Å²) in [7, 11) is 0. The summed E-state index contributed by atoms with van der Waals surface area (Å²) in [5.41, 5.74) is 2.56. The number of rotatable bonds is 16. The molecule has 1 saturated heterocycles. The molecule has 1 aliphatic heterocycles. The summed E-state index contributed by atoms with van der Waals surface area (Å²) in [5.74, 6) is -0.204. The summed E-state index contributed by atoms with van der Waals surface area (Å²) in [6, 6.07) is 28.3. The van der Waals surface area contributed by atoms with E-state index in [1.807, 2.05) is 30.3 Å². The van der Waals surface area contributed by atoms with Crippen LogP contribution in [0, 0.1) is 0 Å². The number of benzene rings is 3. The molecule has 0 radical (unpaired) electrons. The quantitative estimate of drug-likeness (QED) is 0.0975. The summed E-state index contributed by atoms with van der Waals surface area (Å²) in [6.45, 7) is 6.04. The van der Waals surface area contributed by atoms with Gasteiger partial charge in [0.05, 0.1) is 23.6 Å². The molecule has 0 saturated carbocycles. The number of nitrogens with zero attached hydrogens (tertiary/aromatic N) is 3. The lowest BCUT2D eigenvalue weighted by Gasteiger charge is -2.34. The number of aryl methyl sites for hydroxylation is 1. The van der Waals surface area contributed by atoms with E-state index in [9.17, 15) is 14.4 Å². The lowest BCUT2D eigenvalue weighted by Crippen LogP contribution is -2.40. The Labute approximate surface area is 283 Å². The maximum atomic E-state index is 13.5. The van der Waals surface area contributed by atoms with Crippen molar-refractivity contribution in [3.05, 3.63) is 117 Å². The Morgan fingerprint density at radius 3 is 1.98 bits per heavy atom. The van der Waals surface area contributed by atoms with Crippen LogP contribution >= 0.6 is 12.4 Å². The van der Waals surface area contributed by atoms with Gasteiger partial charge in [0.15, 0.2) is 0 Å². The maximum absolute atomic E-state index is 13.5. The van der Waals surface area contributed by atoms with Crippen molar-refractivity contribution in [2.24, 2.45) is 0 Å². The monoisotopic (exact) mass is 661 g/mol. The average molecular weight is 662 g/mol. The normalized spacial score (nSPS) is 13.9. The Morgan fingerprint density at radius 1 is 0.745 bits per heavy atom. The molecule has 0 atom stereocenters. The number of fused-ring (bicyclic) bond motifs is 1. The second-order valence-electron chi connectivity index (χ2n) is 12.1. The largest absolute Gasteiger partial charge is 0.466 e. The number of unbranched alkanes of at least 4 members (excludes halogenated alkanes) is 3. The highest BCUT2D eigenvalue weighted by Crippen LogP contribution is 2.30. The predicted octanol–water partition coefficient (Wildman–Crippen LogP) is 6.76. The van der Waals surface area contributed by atoms with Crippen LogP contribution in [0.4, 0.5) is 0 Å². The van der Waals surface area contributed by atoms with Crippen LogP contribution in [0.25, 0.3) is 10.9 Å². The number of ether oxygens (including phenoxy) is 2. The molecule has 0 amide bonds. The average Bonchev–Trinajstić information content (AvgIpc) is 3.09. The summed E-state index contributed by atoms with van der Waals surface area (Å²) < 4.78 is 14.8. The van der Waals surface area contributed by atoms with Gasteiger partial charge in [-0.2, -0.15) is 0 Å². The van der Waals surface area contributed by atoms with Crippen LogP contribution in [0.15, 0.2) is 94.5 Å². The zero-order valence-electron chi connectivity index (χ0n) is 27.4. The summed E-state index contributed by atoms with van der Waals surface area (Å²) in [4.78, 5) is 40.8. The van der Waals surface area contributed by atoms with Crippen LogP contribution in [0.1, 0.15) is 75.5 Å². The third-order valence-corrected chi connectivity index (χ3v) is 8.87. The van der Waals surface area contributed by atoms with Crippen LogP contribution < -0.4 is 11.2 Å². The molecule has 1 fully saturated rings. The molecule has 8 nitrogen and oxygen atoms in total. The molecule has 0 N–H and O–H groups in total. The van der Waals surface area contributed by atoms with Gasteiger partial charge in [0.25, 0.3) is 5.56 Å². The van der Waals surface area contributed by atoms with E-state index in [1.165, 1.54) is 15.7 Å². The first kappa shape index (κ1) is 36.1. The van der Waals surface area contributed by atoms with E-state index >= 15 is 0 Å². The van der Waals surface area contributed by atoms with Crippen molar-refractivity contribution in [3.8, 4) is 0 Å². The Kier molecular flexibility index (Phi) is 14.3. The van der Waals surface area contributed by atoms with Gasteiger partial charge in [-0.1, -0.05) is 79.2 Å². The minimum Gasteiger partial charge on any atom is -0.466 e. The molecule has 1 aromatic heterocycles. The molecule has 5 rings (SSSR count). The van der Waals surface area contributed by atoms with Gasteiger partial charge in [0.1, 0.15) is 6.10 Å². The van der Waals surface area contributed by atoms with Gasteiger partial charge >= 0.3 is 11.7 Å². The number of esters is 1. The number of halogens is 1. The van der Waals surface area contributed by atoms with Crippen LogP contribution in [-0.4, -0.2) is 52.3 Å². The first-order valence-corrected chi connectivity index (χ1v) is 16.9. The fourth-order valence-electron chi connectivity index (χ4n) is 6.41.